The third-order valence-electron chi connectivity index (χ3n) is 7.99. The van der Waals surface area contributed by atoms with Crippen LogP contribution in [-0.2, 0) is 17.8 Å². The van der Waals surface area contributed by atoms with Crippen molar-refractivity contribution in [3.63, 3.8) is 0 Å². The number of carbonyl (C=O) groups is 1. The smallest absolute Gasteiger partial charge is 0.270 e. The van der Waals surface area contributed by atoms with Crippen LogP contribution in [0.4, 0.5) is 5.82 Å². The fourth-order valence-electron chi connectivity index (χ4n) is 5.48. The highest BCUT2D eigenvalue weighted by Crippen LogP contribution is 2.38. The summed E-state index contributed by atoms with van der Waals surface area (Å²) in [7, 11) is 0. The number of thioether (sulfide) groups is 1. The Balaban J connectivity index is 1.75. The van der Waals surface area contributed by atoms with Crippen molar-refractivity contribution in [2.24, 2.45) is 5.92 Å². The molecule has 0 N–H and O–H groups in total. The molecule has 206 valence electrons. The van der Waals surface area contributed by atoms with Crippen molar-refractivity contribution in [2.45, 2.75) is 78.8 Å². The number of nitriles is 1. The zero-order chi connectivity index (χ0) is 28.1. The number of hydrogen-bond acceptors (Lipinski definition) is 6. The van der Waals surface area contributed by atoms with Gasteiger partial charge in [0.15, 0.2) is 0 Å². The van der Waals surface area contributed by atoms with E-state index in [1.807, 2.05) is 32.9 Å². The maximum absolute atomic E-state index is 13.6. The highest BCUT2D eigenvalue weighted by molar-refractivity contribution is 8.26. The maximum atomic E-state index is 13.6. The van der Waals surface area contributed by atoms with Gasteiger partial charge in [-0.15, -0.1) is 0 Å². The van der Waals surface area contributed by atoms with Crippen LogP contribution in [-0.4, -0.2) is 38.8 Å². The standard InChI is InChI=1S/C31H38N4O2S2/c1-5-7-15-34-28(33-16-13-24(14-17-33)18-23-11-9-8-10-12-23)25(22(4)26(20-32)29(34)36)19-27-30(37)35(21(3)6-2)31(38)39-27/h8-12,19,21,24H,5-7,13-18H2,1-4H3/b27-19+. The average Bonchev–Trinajstić information content (AvgIpc) is 3.22. The summed E-state index contributed by atoms with van der Waals surface area (Å²) in [4.78, 5) is 31.5. The molecule has 1 atom stereocenters. The van der Waals surface area contributed by atoms with Crippen molar-refractivity contribution in [2.75, 3.05) is 18.0 Å². The monoisotopic (exact) mass is 562 g/mol. The molecule has 1 unspecified atom stereocenters. The Labute approximate surface area is 241 Å². The molecular formula is C31H38N4O2S2. The first-order chi connectivity index (χ1) is 18.8. The van der Waals surface area contributed by atoms with Crippen molar-refractivity contribution in [1.29, 1.82) is 5.26 Å². The van der Waals surface area contributed by atoms with E-state index < -0.39 is 0 Å². The summed E-state index contributed by atoms with van der Waals surface area (Å²) in [5, 5.41) is 9.95. The quantitative estimate of drug-likeness (QED) is 0.264. The molecule has 2 aromatic rings. The highest BCUT2D eigenvalue weighted by Gasteiger charge is 2.36. The number of amides is 1. The zero-order valence-corrected chi connectivity index (χ0v) is 25.0. The van der Waals surface area contributed by atoms with Gasteiger partial charge < -0.3 is 4.90 Å². The first-order valence-electron chi connectivity index (χ1n) is 14.0. The SMILES string of the molecule is CCCCn1c(N2CCC(Cc3ccccc3)CC2)c(/C=C2/SC(=S)N(C(C)CC)C2=O)c(C)c(C#N)c1=O. The molecule has 0 radical (unpaired) electrons. The summed E-state index contributed by atoms with van der Waals surface area (Å²) in [5.74, 6) is 1.31. The van der Waals surface area contributed by atoms with E-state index in [1.165, 1.54) is 17.3 Å². The Kier molecular flexibility index (Phi) is 9.68. The minimum absolute atomic E-state index is 0.0146. The number of benzene rings is 1. The Morgan fingerprint density at radius 1 is 1.18 bits per heavy atom. The number of rotatable bonds is 9. The third kappa shape index (κ3) is 6.15. The second-order valence-corrected chi connectivity index (χ2v) is 12.3. The number of unbranched alkanes of at least 4 members (excludes halogenated alkanes) is 1. The topological polar surface area (TPSA) is 69.3 Å². The Morgan fingerprint density at radius 3 is 2.49 bits per heavy atom. The van der Waals surface area contributed by atoms with E-state index in [9.17, 15) is 14.9 Å². The van der Waals surface area contributed by atoms with E-state index in [0.29, 0.717) is 27.3 Å². The fourth-order valence-corrected chi connectivity index (χ4v) is 6.92. The van der Waals surface area contributed by atoms with Crippen LogP contribution in [0, 0.1) is 24.2 Å². The third-order valence-corrected chi connectivity index (χ3v) is 9.32. The summed E-state index contributed by atoms with van der Waals surface area (Å²) in [5.41, 5.74) is 2.68. The minimum atomic E-state index is -0.242. The van der Waals surface area contributed by atoms with Gasteiger partial charge in [-0.2, -0.15) is 5.26 Å². The van der Waals surface area contributed by atoms with Crippen molar-refractivity contribution in [3.05, 3.63) is 67.8 Å². The number of carbonyl (C=O) groups excluding carboxylic acids is 1. The van der Waals surface area contributed by atoms with Gasteiger partial charge in [-0.1, -0.05) is 74.6 Å². The normalized spacial score (nSPS) is 18.2. The fraction of sp³-hybridized carbons (Fsp3) is 0.484. The van der Waals surface area contributed by atoms with Crippen molar-refractivity contribution in [1.82, 2.24) is 9.47 Å². The number of aromatic nitrogens is 1. The summed E-state index contributed by atoms with van der Waals surface area (Å²) in [6.45, 7) is 10.2. The van der Waals surface area contributed by atoms with Crippen molar-refractivity contribution < 1.29 is 4.79 Å². The molecule has 1 aromatic carbocycles. The number of thiocarbonyl (C=S) groups is 1. The van der Waals surface area contributed by atoms with Crippen molar-refractivity contribution >= 4 is 46.1 Å². The van der Waals surface area contributed by atoms with E-state index >= 15 is 0 Å². The molecule has 2 aliphatic heterocycles. The first-order valence-corrected chi connectivity index (χ1v) is 15.3. The average molecular weight is 563 g/mol. The second kappa shape index (κ2) is 13.0. The molecule has 3 heterocycles. The molecule has 0 saturated carbocycles. The van der Waals surface area contributed by atoms with Gasteiger partial charge in [-0.3, -0.25) is 19.1 Å². The van der Waals surface area contributed by atoms with E-state index in [0.717, 1.165) is 63.0 Å². The molecule has 4 rings (SSSR count). The number of anilines is 1. The van der Waals surface area contributed by atoms with Crippen molar-refractivity contribution in [3.8, 4) is 6.07 Å². The molecule has 1 amide bonds. The first kappa shape index (κ1) is 29.1. The van der Waals surface area contributed by atoms with Crippen LogP contribution in [0.5, 0.6) is 0 Å². The molecule has 0 aliphatic carbocycles. The van der Waals surface area contributed by atoms with Gasteiger partial charge in [0.1, 0.15) is 21.8 Å². The Hall–Kier alpha value is -2.89. The van der Waals surface area contributed by atoms with Crippen LogP contribution >= 0.6 is 24.0 Å². The lowest BCUT2D eigenvalue weighted by molar-refractivity contribution is -0.123. The number of nitrogens with zero attached hydrogens (tertiary/aromatic N) is 4. The predicted molar refractivity (Wildman–Crippen MR) is 165 cm³/mol. The Bertz CT molecular complexity index is 1350. The van der Waals surface area contributed by atoms with E-state index in [4.69, 9.17) is 12.2 Å². The van der Waals surface area contributed by atoms with Crippen LogP contribution in [0.25, 0.3) is 6.08 Å². The van der Waals surface area contributed by atoms with Crippen LogP contribution in [0.15, 0.2) is 40.0 Å². The Morgan fingerprint density at radius 2 is 1.87 bits per heavy atom. The maximum Gasteiger partial charge on any atom is 0.270 e. The van der Waals surface area contributed by atoms with Gasteiger partial charge >= 0.3 is 0 Å². The van der Waals surface area contributed by atoms with Gasteiger partial charge in [0.05, 0.1) is 4.91 Å². The molecule has 8 heteroatoms. The van der Waals surface area contributed by atoms with Crippen LogP contribution < -0.4 is 10.5 Å². The van der Waals surface area contributed by atoms with E-state index in [2.05, 4.69) is 42.2 Å². The van der Waals surface area contributed by atoms with E-state index in [-0.39, 0.29) is 23.1 Å². The summed E-state index contributed by atoms with van der Waals surface area (Å²) >= 11 is 6.88. The van der Waals surface area contributed by atoms with Gasteiger partial charge in [-0.05, 0) is 69.1 Å². The van der Waals surface area contributed by atoms with Crippen LogP contribution in [0.2, 0.25) is 0 Å². The van der Waals surface area contributed by atoms with E-state index in [1.54, 1.807) is 9.47 Å². The van der Waals surface area contributed by atoms with Gasteiger partial charge in [-0.25, -0.2) is 0 Å². The molecular weight excluding hydrogens is 525 g/mol. The highest BCUT2D eigenvalue weighted by atomic mass is 32.2. The lowest BCUT2D eigenvalue weighted by atomic mass is 9.90. The van der Waals surface area contributed by atoms with Crippen LogP contribution in [0.1, 0.15) is 75.1 Å². The summed E-state index contributed by atoms with van der Waals surface area (Å²) in [6.07, 6.45) is 7.55. The van der Waals surface area contributed by atoms with Gasteiger partial charge in [0.2, 0.25) is 0 Å². The second-order valence-electron chi connectivity index (χ2n) is 10.6. The molecule has 2 aliphatic rings. The minimum Gasteiger partial charge on any atom is -0.357 e. The lowest BCUT2D eigenvalue weighted by Crippen LogP contribution is -2.40. The lowest BCUT2D eigenvalue weighted by Gasteiger charge is -2.36. The van der Waals surface area contributed by atoms with Crippen LogP contribution in [0.3, 0.4) is 0 Å². The summed E-state index contributed by atoms with van der Waals surface area (Å²) < 4.78 is 2.34. The molecule has 0 bridgehead atoms. The molecule has 2 saturated heterocycles. The predicted octanol–water partition coefficient (Wildman–Crippen LogP) is 6.29. The van der Waals surface area contributed by atoms with Gasteiger partial charge in [0.25, 0.3) is 11.5 Å². The zero-order valence-electron chi connectivity index (χ0n) is 23.4. The number of hydrogen-bond donors (Lipinski definition) is 0. The molecule has 0 spiro atoms. The number of piperidine rings is 1. The molecule has 2 fully saturated rings. The number of pyridine rings is 1. The molecule has 6 nitrogen and oxygen atoms in total. The largest absolute Gasteiger partial charge is 0.357 e. The summed E-state index contributed by atoms with van der Waals surface area (Å²) in [6, 6.07) is 12.8. The molecule has 1 aromatic heterocycles. The van der Waals surface area contributed by atoms with Gasteiger partial charge in [0, 0.05) is 31.2 Å². The molecule has 39 heavy (non-hydrogen) atoms.